The molecule has 1 aliphatic rings. The van der Waals surface area contributed by atoms with Gasteiger partial charge in [0.2, 0.25) is 0 Å². The molecule has 1 aliphatic carbocycles. The normalized spacial score (nSPS) is 24.1. The van der Waals surface area contributed by atoms with Crippen LogP contribution in [-0.2, 0) is 11.3 Å². The van der Waals surface area contributed by atoms with Crippen LogP contribution in [-0.4, -0.2) is 25.2 Å². The van der Waals surface area contributed by atoms with Crippen LogP contribution in [0.25, 0.3) is 0 Å². The van der Waals surface area contributed by atoms with Gasteiger partial charge in [0, 0.05) is 19.1 Å². The number of nitrogens with two attached hydrogens (primary N) is 1. The number of benzene rings is 1. The van der Waals surface area contributed by atoms with E-state index in [9.17, 15) is 0 Å². The summed E-state index contributed by atoms with van der Waals surface area (Å²) in [6.45, 7) is 2.36. The van der Waals surface area contributed by atoms with E-state index in [2.05, 4.69) is 17.4 Å². The molecule has 0 aromatic heterocycles. The van der Waals surface area contributed by atoms with Crippen LogP contribution in [0.1, 0.15) is 18.4 Å². The van der Waals surface area contributed by atoms with Crippen molar-refractivity contribution in [1.82, 2.24) is 5.32 Å². The Kier molecular flexibility index (Phi) is 4.34. The summed E-state index contributed by atoms with van der Waals surface area (Å²) in [6.07, 6.45) is 2.66. The molecule has 0 heterocycles. The molecule has 0 spiro atoms. The first-order valence-corrected chi connectivity index (χ1v) is 5.97. The molecule has 3 nitrogen and oxygen atoms in total. The van der Waals surface area contributed by atoms with Gasteiger partial charge >= 0.3 is 0 Å². The molecule has 0 aliphatic heterocycles. The van der Waals surface area contributed by atoms with Crippen molar-refractivity contribution in [3.05, 3.63) is 35.9 Å². The fourth-order valence-corrected chi connectivity index (χ4v) is 1.94. The number of rotatable bonds is 6. The first-order valence-electron chi connectivity index (χ1n) is 5.97. The molecule has 88 valence electrons. The highest BCUT2D eigenvalue weighted by Crippen LogP contribution is 2.24. The zero-order valence-electron chi connectivity index (χ0n) is 9.56. The maximum absolute atomic E-state index is 5.80. The standard InChI is InChI=1S/C13H20N2O/c14-6-7-15-12-8-13(9-12)16-10-11-4-2-1-3-5-11/h1-5,12-13,15H,6-10,14H2. The van der Waals surface area contributed by atoms with Crippen molar-refractivity contribution >= 4 is 0 Å². The van der Waals surface area contributed by atoms with Gasteiger partial charge in [-0.2, -0.15) is 0 Å². The molecule has 1 saturated carbocycles. The van der Waals surface area contributed by atoms with Gasteiger partial charge in [-0.25, -0.2) is 0 Å². The van der Waals surface area contributed by atoms with E-state index in [-0.39, 0.29) is 0 Å². The maximum Gasteiger partial charge on any atom is 0.0720 e. The summed E-state index contributed by atoms with van der Waals surface area (Å²) in [5, 5.41) is 3.39. The van der Waals surface area contributed by atoms with Crippen molar-refractivity contribution < 1.29 is 4.74 Å². The van der Waals surface area contributed by atoms with Crippen molar-refractivity contribution in [2.45, 2.75) is 31.6 Å². The molecule has 3 heteroatoms. The van der Waals surface area contributed by atoms with Crippen LogP contribution in [0.4, 0.5) is 0 Å². The predicted octanol–water partition coefficient (Wildman–Crippen LogP) is 1.28. The van der Waals surface area contributed by atoms with Crippen LogP contribution in [0.2, 0.25) is 0 Å². The van der Waals surface area contributed by atoms with E-state index < -0.39 is 0 Å². The quantitative estimate of drug-likeness (QED) is 0.759. The Bertz CT molecular complexity index is 296. The average molecular weight is 220 g/mol. The zero-order valence-corrected chi connectivity index (χ0v) is 9.56. The van der Waals surface area contributed by atoms with Gasteiger partial charge in [0.15, 0.2) is 0 Å². The van der Waals surface area contributed by atoms with Gasteiger partial charge in [-0.05, 0) is 18.4 Å². The van der Waals surface area contributed by atoms with E-state index in [1.54, 1.807) is 0 Å². The van der Waals surface area contributed by atoms with E-state index in [1.807, 2.05) is 18.2 Å². The highest BCUT2D eigenvalue weighted by atomic mass is 16.5. The summed E-state index contributed by atoms with van der Waals surface area (Å²) in [5.41, 5.74) is 6.68. The molecular weight excluding hydrogens is 200 g/mol. The first kappa shape index (κ1) is 11.6. The van der Waals surface area contributed by atoms with Crippen LogP contribution in [0, 0.1) is 0 Å². The summed E-state index contributed by atoms with van der Waals surface area (Å²) < 4.78 is 5.80. The summed E-state index contributed by atoms with van der Waals surface area (Å²) in [7, 11) is 0. The van der Waals surface area contributed by atoms with Gasteiger partial charge in [0.05, 0.1) is 12.7 Å². The zero-order chi connectivity index (χ0) is 11.2. The summed E-state index contributed by atoms with van der Waals surface area (Å²) in [4.78, 5) is 0. The van der Waals surface area contributed by atoms with Crippen LogP contribution in [0.3, 0.4) is 0 Å². The molecule has 0 bridgehead atoms. The van der Waals surface area contributed by atoms with Crippen molar-refractivity contribution in [1.29, 1.82) is 0 Å². The maximum atomic E-state index is 5.80. The molecule has 0 atom stereocenters. The molecule has 2 rings (SSSR count). The van der Waals surface area contributed by atoms with Crippen LogP contribution >= 0.6 is 0 Å². The molecule has 16 heavy (non-hydrogen) atoms. The smallest absolute Gasteiger partial charge is 0.0720 e. The van der Waals surface area contributed by atoms with Gasteiger partial charge in [0.1, 0.15) is 0 Å². The number of hydrogen-bond acceptors (Lipinski definition) is 3. The fourth-order valence-electron chi connectivity index (χ4n) is 1.94. The second-order valence-electron chi connectivity index (χ2n) is 4.33. The molecule has 1 aromatic carbocycles. The number of hydrogen-bond donors (Lipinski definition) is 2. The molecule has 3 N–H and O–H groups in total. The molecule has 0 radical (unpaired) electrons. The van der Waals surface area contributed by atoms with Gasteiger partial charge in [-0.15, -0.1) is 0 Å². The number of nitrogens with one attached hydrogen (secondary N) is 1. The lowest BCUT2D eigenvalue weighted by Crippen LogP contribution is -2.46. The fraction of sp³-hybridized carbons (Fsp3) is 0.538. The van der Waals surface area contributed by atoms with Gasteiger partial charge in [-0.3, -0.25) is 0 Å². The summed E-state index contributed by atoms with van der Waals surface area (Å²) in [5.74, 6) is 0. The van der Waals surface area contributed by atoms with E-state index in [0.29, 0.717) is 18.7 Å². The Morgan fingerprint density at radius 1 is 1.25 bits per heavy atom. The lowest BCUT2D eigenvalue weighted by atomic mass is 9.89. The largest absolute Gasteiger partial charge is 0.373 e. The minimum absolute atomic E-state index is 0.426. The average Bonchev–Trinajstić information content (AvgIpc) is 2.28. The Morgan fingerprint density at radius 3 is 2.69 bits per heavy atom. The first-order chi connectivity index (χ1) is 7.88. The Balaban J connectivity index is 1.60. The van der Waals surface area contributed by atoms with E-state index in [0.717, 1.165) is 26.0 Å². The number of ether oxygens (including phenoxy) is 1. The van der Waals surface area contributed by atoms with Crippen LogP contribution < -0.4 is 11.1 Å². The molecule has 0 unspecified atom stereocenters. The van der Waals surface area contributed by atoms with Crippen molar-refractivity contribution in [2.24, 2.45) is 5.73 Å². The van der Waals surface area contributed by atoms with Crippen molar-refractivity contribution in [2.75, 3.05) is 13.1 Å². The highest BCUT2D eigenvalue weighted by molar-refractivity contribution is 5.13. The second kappa shape index (κ2) is 5.99. The molecule has 0 amide bonds. The summed E-state index contributed by atoms with van der Waals surface area (Å²) in [6, 6.07) is 10.9. The van der Waals surface area contributed by atoms with Crippen LogP contribution in [0.5, 0.6) is 0 Å². The Hall–Kier alpha value is -0.900. The lowest BCUT2D eigenvalue weighted by Gasteiger charge is -2.35. The second-order valence-corrected chi connectivity index (χ2v) is 4.33. The Morgan fingerprint density at radius 2 is 2.00 bits per heavy atom. The Labute approximate surface area is 97.0 Å². The third-order valence-corrected chi connectivity index (χ3v) is 3.00. The third-order valence-electron chi connectivity index (χ3n) is 3.00. The van der Waals surface area contributed by atoms with Crippen LogP contribution in [0.15, 0.2) is 30.3 Å². The molecule has 1 aromatic rings. The predicted molar refractivity (Wildman–Crippen MR) is 65.1 cm³/mol. The van der Waals surface area contributed by atoms with Gasteiger partial charge in [-0.1, -0.05) is 30.3 Å². The van der Waals surface area contributed by atoms with Crippen molar-refractivity contribution in [3.63, 3.8) is 0 Å². The lowest BCUT2D eigenvalue weighted by molar-refractivity contribution is -0.0262. The highest BCUT2D eigenvalue weighted by Gasteiger charge is 2.28. The van der Waals surface area contributed by atoms with Gasteiger partial charge < -0.3 is 15.8 Å². The SMILES string of the molecule is NCCNC1CC(OCc2ccccc2)C1. The minimum Gasteiger partial charge on any atom is -0.373 e. The van der Waals surface area contributed by atoms with E-state index in [4.69, 9.17) is 10.5 Å². The minimum atomic E-state index is 0.426. The molecule has 0 saturated heterocycles. The van der Waals surface area contributed by atoms with Crippen molar-refractivity contribution in [3.8, 4) is 0 Å². The molecule has 1 fully saturated rings. The van der Waals surface area contributed by atoms with Gasteiger partial charge in [0.25, 0.3) is 0 Å². The topological polar surface area (TPSA) is 47.3 Å². The third kappa shape index (κ3) is 3.30. The monoisotopic (exact) mass is 220 g/mol. The summed E-state index contributed by atoms with van der Waals surface area (Å²) >= 11 is 0. The molecular formula is C13H20N2O. The van der Waals surface area contributed by atoms with E-state index >= 15 is 0 Å². The van der Waals surface area contributed by atoms with E-state index in [1.165, 1.54) is 5.56 Å².